The molecule has 0 saturated heterocycles. The molecule has 0 bridgehead atoms. The summed E-state index contributed by atoms with van der Waals surface area (Å²) in [5, 5.41) is 11.8. The highest BCUT2D eigenvalue weighted by Crippen LogP contribution is 2.17. The molecule has 0 aliphatic carbocycles. The van der Waals surface area contributed by atoms with Gasteiger partial charge in [-0.25, -0.2) is 0 Å². The van der Waals surface area contributed by atoms with E-state index in [2.05, 4.69) is 160 Å². The lowest BCUT2D eigenvalue weighted by Crippen LogP contribution is -2.44. The lowest BCUT2D eigenvalue weighted by molar-refractivity contribution is -0.870. The SMILES string of the molecule is CC/C=C\C/C=C\C/C=C\C/C=C\C/C=C\C/C=C\C/C=C\C/C=C\C/C=C\C/C=C\C/C=C\CCCCCCCCCC(=O)OC(COC(=O)CCCCCCCCCCCCCCCCC/C=C\CCCCCCCCCC)COC(OCC[N+](C)(C)C)C(=O)[O-]. The number of nitrogens with zero attached hydrogens (tertiary/aromatic N) is 1. The van der Waals surface area contributed by atoms with Gasteiger partial charge >= 0.3 is 11.9 Å². The summed E-state index contributed by atoms with van der Waals surface area (Å²) in [7, 11) is 5.92. The minimum atomic E-state index is -1.63. The Bertz CT molecular complexity index is 2040. The van der Waals surface area contributed by atoms with Crippen molar-refractivity contribution in [2.45, 2.75) is 322 Å². The fourth-order valence-electron chi connectivity index (χ4n) is 10.3. The molecule has 9 heteroatoms. The van der Waals surface area contributed by atoms with Gasteiger partial charge in [-0.1, -0.05) is 320 Å². The maximum Gasteiger partial charge on any atom is 0.306 e. The van der Waals surface area contributed by atoms with Crippen molar-refractivity contribution in [3.63, 3.8) is 0 Å². The minimum absolute atomic E-state index is 0.140. The van der Waals surface area contributed by atoms with Gasteiger partial charge < -0.3 is 33.3 Å². The van der Waals surface area contributed by atoms with E-state index in [1.165, 1.54) is 161 Å². The fraction of sp³-hybridized carbons (Fsp3) is 0.679. The molecular weight excluding hydrogens is 1150 g/mol. The van der Waals surface area contributed by atoms with E-state index in [1.54, 1.807) is 0 Å². The van der Waals surface area contributed by atoms with Crippen LogP contribution in [0, 0.1) is 0 Å². The molecule has 0 heterocycles. The van der Waals surface area contributed by atoms with E-state index in [9.17, 15) is 19.5 Å². The molecule has 0 saturated carbocycles. The average molecular weight is 1290 g/mol. The summed E-state index contributed by atoms with van der Waals surface area (Å²) < 4.78 is 22.8. The molecule has 0 aromatic carbocycles. The second-order valence-corrected chi connectivity index (χ2v) is 26.2. The fourth-order valence-corrected chi connectivity index (χ4v) is 10.3. The first-order valence-corrected chi connectivity index (χ1v) is 38.0. The van der Waals surface area contributed by atoms with E-state index in [4.69, 9.17) is 18.9 Å². The largest absolute Gasteiger partial charge is 0.545 e. The molecule has 0 rings (SSSR count). The topological polar surface area (TPSA) is 111 Å². The van der Waals surface area contributed by atoms with Gasteiger partial charge in [0.2, 0.25) is 0 Å². The third-order valence-electron chi connectivity index (χ3n) is 16.1. The number of esters is 2. The lowest BCUT2D eigenvalue weighted by Gasteiger charge is -2.26. The van der Waals surface area contributed by atoms with Crippen molar-refractivity contribution in [3.8, 4) is 0 Å². The Morgan fingerprint density at radius 2 is 0.613 bits per heavy atom. The van der Waals surface area contributed by atoms with Crippen molar-refractivity contribution in [1.29, 1.82) is 0 Å². The number of hydrogen-bond acceptors (Lipinski definition) is 8. The molecule has 2 unspecified atom stereocenters. The van der Waals surface area contributed by atoms with Gasteiger partial charge in [-0.3, -0.25) is 9.59 Å². The van der Waals surface area contributed by atoms with Gasteiger partial charge in [0.25, 0.3) is 0 Å². The number of ether oxygens (including phenoxy) is 4. The molecule has 2 atom stereocenters. The van der Waals surface area contributed by atoms with Crippen LogP contribution in [0.15, 0.2) is 146 Å². The Labute approximate surface area is 572 Å². The standard InChI is InChI=1S/C84H141NO8/c1-6-8-10-12-14-16-18-20-22-24-26-28-30-32-34-35-36-37-38-39-40-41-42-43-44-45-46-47-49-51-53-55-57-59-61-63-65-67-69-71-73-75-82(87)93-80(79-92-84(83(88)89)90-77-76-85(3,4)5)78-91-81(86)74-72-70-68-66-64-62-60-58-56-54-52-50-48-33-31-29-27-25-23-21-19-17-15-13-11-9-7-2/h8,10,14,16,20,22,25-28,32,34,36-37,39-40,42-43,45-46,49,51,55,57,80,84H,6-7,9,11-13,15,17-19,21,23-24,29-31,33,35,38,41,44,47-48,50,52-54,56,58-79H2,1-5H3/b10-8-,16-14-,22-20-,27-25-,28-26-,34-32-,37-36-,40-39-,43-42-,46-45-,51-49-,57-55-. The van der Waals surface area contributed by atoms with E-state index >= 15 is 0 Å². The Balaban J connectivity index is 4.15. The maximum atomic E-state index is 13.0. The molecule has 0 aromatic rings. The molecule has 0 aromatic heterocycles. The minimum Gasteiger partial charge on any atom is -0.545 e. The first-order valence-electron chi connectivity index (χ1n) is 38.0. The van der Waals surface area contributed by atoms with Gasteiger partial charge in [0.1, 0.15) is 13.2 Å². The van der Waals surface area contributed by atoms with Crippen molar-refractivity contribution in [2.24, 2.45) is 0 Å². The zero-order valence-electron chi connectivity index (χ0n) is 60.6. The number of quaternary nitrogens is 1. The molecule has 0 radical (unpaired) electrons. The third kappa shape index (κ3) is 74.4. The van der Waals surface area contributed by atoms with Crippen LogP contribution in [0.3, 0.4) is 0 Å². The molecule has 0 spiro atoms. The average Bonchev–Trinajstić information content (AvgIpc) is 3.38. The van der Waals surface area contributed by atoms with Gasteiger partial charge in [0.05, 0.1) is 40.3 Å². The summed E-state index contributed by atoms with van der Waals surface area (Å²) in [6.07, 6.45) is 104. The first-order chi connectivity index (χ1) is 45.6. The number of likely N-dealkylation sites (N-methyl/N-ethyl adjacent to an activating group) is 1. The highest BCUT2D eigenvalue weighted by Gasteiger charge is 2.22. The second kappa shape index (κ2) is 73.0. The number of allylic oxidation sites excluding steroid dienone is 24. The zero-order valence-corrected chi connectivity index (χ0v) is 60.6. The molecule has 9 nitrogen and oxygen atoms in total. The monoisotopic (exact) mass is 1290 g/mol. The number of rotatable bonds is 69. The summed E-state index contributed by atoms with van der Waals surface area (Å²) in [5.41, 5.74) is 0. The molecule has 0 amide bonds. The maximum absolute atomic E-state index is 13.0. The van der Waals surface area contributed by atoms with E-state index in [0.29, 0.717) is 17.4 Å². The van der Waals surface area contributed by atoms with Crippen LogP contribution in [0.4, 0.5) is 0 Å². The van der Waals surface area contributed by atoms with E-state index in [0.717, 1.165) is 116 Å². The first kappa shape index (κ1) is 88.2. The van der Waals surface area contributed by atoms with Crippen molar-refractivity contribution in [3.05, 3.63) is 146 Å². The number of unbranched alkanes of at least 4 members (excludes halogenated alkanes) is 30. The second-order valence-electron chi connectivity index (χ2n) is 26.2. The van der Waals surface area contributed by atoms with Crippen molar-refractivity contribution in [1.82, 2.24) is 0 Å². The molecule has 93 heavy (non-hydrogen) atoms. The van der Waals surface area contributed by atoms with Crippen molar-refractivity contribution >= 4 is 17.9 Å². The molecule has 0 N–H and O–H groups in total. The Hall–Kier alpha value is -4.83. The molecule has 0 aliphatic rings. The predicted molar refractivity (Wildman–Crippen MR) is 398 cm³/mol. The third-order valence-corrected chi connectivity index (χ3v) is 16.1. The summed E-state index contributed by atoms with van der Waals surface area (Å²) in [6, 6.07) is 0. The molecule has 0 fully saturated rings. The molecular formula is C84H141NO8. The number of carboxylic acids is 1. The summed E-state index contributed by atoms with van der Waals surface area (Å²) in [5.74, 6) is -2.30. The quantitative estimate of drug-likeness (QED) is 0.0195. The lowest BCUT2D eigenvalue weighted by atomic mass is 10.0. The van der Waals surface area contributed by atoms with Gasteiger partial charge in [0.15, 0.2) is 12.4 Å². The summed E-state index contributed by atoms with van der Waals surface area (Å²) >= 11 is 0. The van der Waals surface area contributed by atoms with Crippen LogP contribution >= 0.6 is 0 Å². The van der Waals surface area contributed by atoms with Crippen LogP contribution in [0.2, 0.25) is 0 Å². The van der Waals surface area contributed by atoms with E-state index in [1.807, 2.05) is 21.1 Å². The van der Waals surface area contributed by atoms with Gasteiger partial charge in [-0.05, 0) is 122 Å². The Morgan fingerprint density at radius 1 is 0.333 bits per heavy atom. The summed E-state index contributed by atoms with van der Waals surface area (Å²) in [6.45, 7) is 4.64. The highest BCUT2D eigenvalue weighted by atomic mass is 16.7. The Kier molecular flexibility index (Phi) is 69.2. The van der Waals surface area contributed by atoms with Gasteiger partial charge in [-0.2, -0.15) is 0 Å². The number of aliphatic carboxylic acids is 1. The van der Waals surface area contributed by atoms with E-state index in [-0.39, 0.29) is 38.6 Å². The highest BCUT2D eigenvalue weighted by molar-refractivity contribution is 5.70. The van der Waals surface area contributed by atoms with Crippen LogP contribution in [0.25, 0.3) is 0 Å². The van der Waals surface area contributed by atoms with Crippen molar-refractivity contribution < 1.29 is 42.9 Å². The van der Waals surface area contributed by atoms with Crippen LogP contribution in [-0.2, 0) is 33.3 Å². The zero-order chi connectivity index (χ0) is 67.5. The van der Waals surface area contributed by atoms with Crippen LogP contribution in [-0.4, -0.2) is 82.3 Å². The van der Waals surface area contributed by atoms with Gasteiger partial charge in [-0.15, -0.1) is 0 Å². The molecule has 0 aliphatic heterocycles. The van der Waals surface area contributed by atoms with E-state index < -0.39 is 24.3 Å². The van der Waals surface area contributed by atoms with Crippen LogP contribution < -0.4 is 5.11 Å². The molecule has 530 valence electrons. The predicted octanol–water partition coefficient (Wildman–Crippen LogP) is 22.9. The number of hydrogen-bond donors (Lipinski definition) is 0. The van der Waals surface area contributed by atoms with Gasteiger partial charge in [0, 0.05) is 12.8 Å². The van der Waals surface area contributed by atoms with Crippen LogP contribution in [0.1, 0.15) is 309 Å². The number of carboxylic acid groups (broad SMARTS) is 1. The van der Waals surface area contributed by atoms with Crippen LogP contribution in [0.5, 0.6) is 0 Å². The number of carbonyl (C=O) groups excluding carboxylic acids is 3. The van der Waals surface area contributed by atoms with Crippen molar-refractivity contribution in [2.75, 3.05) is 47.5 Å². The smallest absolute Gasteiger partial charge is 0.306 e. The normalized spacial score (nSPS) is 13.5. The Morgan fingerprint density at radius 3 is 0.925 bits per heavy atom. The summed E-state index contributed by atoms with van der Waals surface area (Å²) in [4.78, 5) is 37.6. The number of carbonyl (C=O) groups is 3.